The van der Waals surface area contributed by atoms with Gasteiger partial charge in [-0.15, -0.1) is 0 Å². The van der Waals surface area contributed by atoms with E-state index < -0.39 is 0 Å². The summed E-state index contributed by atoms with van der Waals surface area (Å²) in [7, 11) is 0. The minimum absolute atomic E-state index is 0.176. The van der Waals surface area contributed by atoms with Gasteiger partial charge in [0, 0.05) is 25.2 Å². The van der Waals surface area contributed by atoms with E-state index in [1.807, 2.05) is 0 Å². The average molecular weight is 206 g/mol. The number of nitrogens with zero attached hydrogens (tertiary/aromatic N) is 2. The smallest absolute Gasteiger partial charge is 0.270 e. The van der Waals surface area contributed by atoms with Gasteiger partial charge < -0.3 is 11.1 Å². The standard InChI is InChI=1S/C10H14N4O/c11-4-6-13-10(15)8-3-5-12-9(14-8)7-1-2-7/h3,5,7H,1-2,4,6,11H2,(H,13,15). The van der Waals surface area contributed by atoms with E-state index in [1.165, 1.54) is 0 Å². The van der Waals surface area contributed by atoms with Gasteiger partial charge in [0.25, 0.3) is 5.91 Å². The molecular formula is C10H14N4O. The van der Waals surface area contributed by atoms with Crippen LogP contribution in [0.5, 0.6) is 0 Å². The Balaban J connectivity index is 2.06. The predicted octanol–water partition coefficient (Wildman–Crippen LogP) is 0.0425. The summed E-state index contributed by atoms with van der Waals surface area (Å²) in [6.07, 6.45) is 3.90. The van der Waals surface area contributed by atoms with Crippen molar-refractivity contribution >= 4 is 5.91 Å². The molecule has 1 heterocycles. The Bertz CT molecular complexity index is 362. The molecule has 1 amide bonds. The van der Waals surface area contributed by atoms with Crippen LogP contribution in [-0.2, 0) is 0 Å². The maximum absolute atomic E-state index is 11.5. The van der Waals surface area contributed by atoms with E-state index in [-0.39, 0.29) is 5.91 Å². The summed E-state index contributed by atoms with van der Waals surface area (Å²) >= 11 is 0. The summed E-state index contributed by atoms with van der Waals surface area (Å²) in [4.78, 5) is 19.9. The van der Waals surface area contributed by atoms with Crippen molar-refractivity contribution in [2.24, 2.45) is 5.73 Å². The van der Waals surface area contributed by atoms with E-state index in [0.29, 0.717) is 24.7 Å². The molecule has 0 radical (unpaired) electrons. The van der Waals surface area contributed by atoms with Crippen molar-refractivity contribution in [3.63, 3.8) is 0 Å². The second-order valence-corrected chi connectivity index (χ2v) is 3.62. The van der Waals surface area contributed by atoms with Crippen LogP contribution >= 0.6 is 0 Å². The highest BCUT2D eigenvalue weighted by atomic mass is 16.1. The molecule has 1 aromatic rings. The molecule has 1 aromatic heterocycles. The number of nitrogens with one attached hydrogen (secondary N) is 1. The number of nitrogens with two attached hydrogens (primary N) is 1. The first-order valence-corrected chi connectivity index (χ1v) is 5.12. The van der Waals surface area contributed by atoms with Crippen LogP contribution in [0.1, 0.15) is 35.1 Å². The van der Waals surface area contributed by atoms with E-state index >= 15 is 0 Å². The molecule has 3 N–H and O–H groups in total. The highest BCUT2D eigenvalue weighted by Crippen LogP contribution is 2.37. The molecule has 0 aliphatic heterocycles. The maximum Gasteiger partial charge on any atom is 0.270 e. The van der Waals surface area contributed by atoms with E-state index in [9.17, 15) is 4.79 Å². The quantitative estimate of drug-likeness (QED) is 0.729. The Morgan fingerprint density at radius 2 is 2.40 bits per heavy atom. The summed E-state index contributed by atoms with van der Waals surface area (Å²) in [5.41, 5.74) is 5.73. The SMILES string of the molecule is NCCNC(=O)c1ccnc(C2CC2)n1. The van der Waals surface area contributed by atoms with Crippen molar-refractivity contribution in [2.75, 3.05) is 13.1 Å². The number of rotatable bonds is 4. The van der Waals surface area contributed by atoms with E-state index in [1.54, 1.807) is 12.3 Å². The molecule has 5 nitrogen and oxygen atoms in total. The van der Waals surface area contributed by atoms with Gasteiger partial charge in [0.2, 0.25) is 0 Å². The van der Waals surface area contributed by atoms with Gasteiger partial charge in [-0.25, -0.2) is 9.97 Å². The van der Waals surface area contributed by atoms with E-state index in [2.05, 4.69) is 15.3 Å². The lowest BCUT2D eigenvalue weighted by molar-refractivity contribution is 0.0949. The Kier molecular flexibility index (Phi) is 2.91. The first-order chi connectivity index (χ1) is 7.31. The van der Waals surface area contributed by atoms with Crippen molar-refractivity contribution < 1.29 is 4.79 Å². The van der Waals surface area contributed by atoms with Gasteiger partial charge in [-0.3, -0.25) is 4.79 Å². The van der Waals surface area contributed by atoms with Gasteiger partial charge in [0.1, 0.15) is 11.5 Å². The third kappa shape index (κ3) is 2.50. The Morgan fingerprint density at radius 1 is 1.60 bits per heavy atom. The summed E-state index contributed by atoms with van der Waals surface area (Å²) in [6.45, 7) is 0.911. The monoisotopic (exact) mass is 206 g/mol. The van der Waals surface area contributed by atoms with Crippen LogP contribution in [0, 0.1) is 0 Å². The van der Waals surface area contributed by atoms with Gasteiger partial charge in [0.15, 0.2) is 0 Å². The number of hydrogen-bond acceptors (Lipinski definition) is 4. The van der Waals surface area contributed by atoms with Crippen LogP contribution in [-0.4, -0.2) is 29.0 Å². The molecule has 1 fully saturated rings. The van der Waals surface area contributed by atoms with Gasteiger partial charge >= 0.3 is 0 Å². The summed E-state index contributed by atoms with van der Waals surface area (Å²) < 4.78 is 0. The first kappa shape index (κ1) is 10.0. The Labute approximate surface area is 88.1 Å². The molecule has 0 unspecified atom stereocenters. The number of amides is 1. The predicted molar refractivity (Wildman–Crippen MR) is 55.4 cm³/mol. The molecule has 0 spiro atoms. The third-order valence-electron chi connectivity index (χ3n) is 2.28. The summed E-state index contributed by atoms with van der Waals surface area (Å²) in [6, 6.07) is 1.62. The van der Waals surface area contributed by atoms with Crippen molar-refractivity contribution in [3.05, 3.63) is 23.8 Å². The molecule has 0 aromatic carbocycles. The van der Waals surface area contributed by atoms with Crippen LogP contribution in [0.2, 0.25) is 0 Å². The minimum atomic E-state index is -0.176. The van der Waals surface area contributed by atoms with E-state index in [4.69, 9.17) is 5.73 Å². The zero-order valence-corrected chi connectivity index (χ0v) is 8.44. The van der Waals surface area contributed by atoms with Crippen LogP contribution in [0.4, 0.5) is 0 Å². The zero-order valence-electron chi connectivity index (χ0n) is 8.44. The molecule has 1 aliphatic carbocycles. The van der Waals surface area contributed by atoms with E-state index in [0.717, 1.165) is 18.7 Å². The molecule has 1 saturated carbocycles. The molecule has 2 rings (SSSR count). The van der Waals surface area contributed by atoms with Crippen molar-refractivity contribution in [1.82, 2.24) is 15.3 Å². The summed E-state index contributed by atoms with van der Waals surface area (Å²) in [5.74, 6) is 1.08. The summed E-state index contributed by atoms with van der Waals surface area (Å²) in [5, 5.41) is 2.68. The Morgan fingerprint density at radius 3 is 3.07 bits per heavy atom. The van der Waals surface area contributed by atoms with Crippen LogP contribution in [0.15, 0.2) is 12.3 Å². The number of hydrogen-bond donors (Lipinski definition) is 2. The molecule has 15 heavy (non-hydrogen) atoms. The van der Waals surface area contributed by atoms with Gasteiger partial charge in [-0.2, -0.15) is 0 Å². The zero-order chi connectivity index (χ0) is 10.7. The molecule has 0 atom stereocenters. The number of carbonyl (C=O) groups excluding carboxylic acids is 1. The van der Waals surface area contributed by atoms with Crippen molar-refractivity contribution in [3.8, 4) is 0 Å². The Hall–Kier alpha value is -1.49. The normalized spacial score (nSPS) is 15.0. The van der Waals surface area contributed by atoms with Crippen LogP contribution in [0.25, 0.3) is 0 Å². The number of aromatic nitrogens is 2. The van der Waals surface area contributed by atoms with Gasteiger partial charge in [-0.1, -0.05) is 0 Å². The second kappa shape index (κ2) is 4.35. The topological polar surface area (TPSA) is 80.9 Å². The van der Waals surface area contributed by atoms with Crippen molar-refractivity contribution in [1.29, 1.82) is 0 Å². The lowest BCUT2D eigenvalue weighted by atomic mass is 10.3. The number of carbonyl (C=O) groups is 1. The lowest BCUT2D eigenvalue weighted by Gasteiger charge is -2.03. The molecule has 1 aliphatic rings. The minimum Gasteiger partial charge on any atom is -0.349 e. The fourth-order valence-electron chi connectivity index (χ4n) is 1.31. The fraction of sp³-hybridized carbons (Fsp3) is 0.500. The molecule has 0 bridgehead atoms. The first-order valence-electron chi connectivity index (χ1n) is 5.12. The second-order valence-electron chi connectivity index (χ2n) is 3.62. The van der Waals surface area contributed by atoms with Crippen LogP contribution in [0.3, 0.4) is 0 Å². The van der Waals surface area contributed by atoms with Crippen molar-refractivity contribution in [2.45, 2.75) is 18.8 Å². The highest BCUT2D eigenvalue weighted by Gasteiger charge is 2.26. The third-order valence-corrected chi connectivity index (χ3v) is 2.28. The maximum atomic E-state index is 11.5. The largest absolute Gasteiger partial charge is 0.349 e. The average Bonchev–Trinajstić information content (AvgIpc) is 3.10. The van der Waals surface area contributed by atoms with Crippen LogP contribution < -0.4 is 11.1 Å². The molecule has 0 saturated heterocycles. The molecular weight excluding hydrogens is 192 g/mol. The molecule has 80 valence electrons. The highest BCUT2D eigenvalue weighted by molar-refractivity contribution is 5.92. The molecule has 5 heteroatoms. The fourth-order valence-corrected chi connectivity index (χ4v) is 1.31. The van der Waals surface area contributed by atoms with Gasteiger partial charge in [-0.05, 0) is 18.9 Å². The lowest BCUT2D eigenvalue weighted by Crippen LogP contribution is -2.29. The van der Waals surface area contributed by atoms with Gasteiger partial charge in [0.05, 0.1) is 0 Å².